The van der Waals surface area contributed by atoms with Gasteiger partial charge in [-0.15, -0.1) is 0 Å². The summed E-state index contributed by atoms with van der Waals surface area (Å²) in [5.41, 5.74) is 8.36. The van der Waals surface area contributed by atoms with Gasteiger partial charge >= 0.3 is 0 Å². The summed E-state index contributed by atoms with van der Waals surface area (Å²) >= 11 is 0. The van der Waals surface area contributed by atoms with Gasteiger partial charge in [-0.25, -0.2) is 4.98 Å². The molecule has 0 aliphatic heterocycles. The lowest BCUT2D eigenvalue weighted by Gasteiger charge is -2.15. The number of ether oxygens (including phenoxy) is 2. The van der Waals surface area contributed by atoms with Gasteiger partial charge in [-0.3, -0.25) is 0 Å². The molecule has 1 aromatic heterocycles. The molecule has 0 spiro atoms. The van der Waals surface area contributed by atoms with E-state index in [4.69, 9.17) is 15.2 Å². The number of aryl methyl sites for hydroxylation is 1. The summed E-state index contributed by atoms with van der Waals surface area (Å²) in [5, 5.41) is 3.19. The van der Waals surface area contributed by atoms with Crippen molar-refractivity contribution in [1.82, 2.24) is 9.97 Å². The second kappa shape index (κ2) is 6.30. The molecule has 0 aliphatic carbocycles. The average Bonchev–Trinajstić information content (AvgIpc) is 2.44. The molecular weight excluding hydrogens is 268 g/mol. The van der Waals surface area contributed by atoms with E-state index in [1.807, 2.05) is 39.0 Å². The number of benzene rings is 1. The molecule has 2 rings (SSSR count). The van der Waals surface area contributed by atoms with E-state index >= 15 is 0 Å². The molecule has 3 N–H and O–H groups in total. The molecule has 0 bridgehead atoms. The number of nitrogens with one attached hydrogen (secondary N) is 1. The predicted octanol–water partition coefficient (Wildman–Crippen LogP) is 2.91. The van der Waals surface area contributed by atoms with Crippen LogP contribution in [0.5, 0.6) is 11.6 Å². The van der Waals surface area contributed by atoms with Gasteiger partial charge in [0.05, 0.1) is 13.2 Å². The van der Waals surface area contributed by atoms with Crippen LogP contribution in [0.4, 0.5) is 17.2 Å². The Morgan fingerprint density at radius 2 is 2.00 bits per heavy atom. The van der Waals surface area contributed by atoms with E-state index in [1.54, 1.807) is 7.11 Å². The number of nitrogens with zero attached hydrogens (tertiary/aromatic N) is 2. The highest BCUT2D eigenvalue weighted by Gasteiger charge is 2.11. The van der Waals surface area contributed by atoms with Gasteiger partial charge in [0.2, 0.25) is 5.88 Å². The molecule has 0 atom stereocenters. The summed E-state index contributed by atoms with van der Waals surface area (Å²) in [6.07, 6.45) is 1.42. The van der Waals surface area contributed by atoms with Gasteiger partial charge in [-0.1, -0.05) is 0 Å². The molecule has 2 aromatic rings. The van der Waals surface area contributed by atoms with Gasteiger partial charge in [-0.2, -0.15) is 4.98 Å². The van der Waals surface area contributed by atoms with Crippen LogP contribution < -0.4 is 20.5 Å². The zero-order valence-corrected chi connectivity index (χ0v) is 12.7. The number of anilines is 3. The number of aromatic nitrogens is 2. The summed E-state index contributed by atoms with van der Waals surface area (Å²) in [7, 11) is 1.64. The molecule has 0 radical (unpaired) electrons. The van der Waals surface area contributed by atoms with Crippen molar-refractivity contribution in [3.05, 3.63) is 30.1 Å². The Kier molecular flexibility index (Phi) is 4.47. The third-order valence-corrected chi connectivity index (χ3v) is 2.88. The van der Waals surface area contributed by atoms with E-state index in [-0.39, 0.29) is 6.10 Å². The van der Waals surface area contributed by atoms with Crippen molar-refractivity contribution in [3.8, 4) is 11.6 Å². The summed E-state index contributed by atoms with van der Waals surface area (Å²) in [4.78, 5) is 8.22. The fraction of sp³-hybridized carbons (Fsp3) is 0.333. The van der Waals surface area contributed by atoms with Crippen LogP contribution >= 0.6 is 0 Å². The first-order valence-corrected chi connectivity index (χ1v) is 6.70. The molecular formula is C15H20N4O2. The van der Waals surface area contributed by atoms with E-state index in [1.165, 1.54) is 6.33 Å². The number of hydrogen-bond donors (Lipinski definition) is 2. The van der Waals surface area contributed by atoms with Crippen LogP contribution in [-0.4, -0.2) is 23.2 Å². The van der Waals surface area contributed by atoms with Crippen molar-refractivity contribution < 1.29 is 9.47 Å². The molecule has 21 heavy (non-hydrogen) atoms. The lowest BCUT2D eigenvalue weighted by molar-refractivity contribution is 0.234. The van der Waals surface area contributed by atoms with Crippen molar-refractivity contribution in [2.75, 3.05) is 18.2 Å². The molecule has 0 saturated heterocycles. The second-order valence-electron chi connectivity index (χ2n) is 4.91. The molecule has 0 fully saturated rings. The maximum absolute atomic E-state index is 6.05. The Morgan fingerprint density at radius 1 is 1.24 bits per heavy atom. The van der Waals surface area contributed by atoms with Crippen molar-refractivity contribution in [3.63, 3.8) is 0 Å². The monoisotopic (exact) mass is 288 g/mol. The van der Waals surface area contributed by atoms with Gasteiger partial charge in [0.25, 0.3) is 0 Å². The van der Waals surface area contributed by atoms with Crippen LogP contribution in [0, 0.1) is 6.92 Å². The maximum Gasteiger partial charge on any atom is 0.242 e. The molecule has 0 amide bonds. The number of nitrogens with two attached hydrogens (primary N) is 1. The SMILES string of the molecule is COc1ccc(Nc2ncnc(OC(C)C)c2N)c(C)c1. The van der Waals surface area contributed by atoms with Crippen molar-refractivity contribution in [2.45, 2.75) is 26.9 Å². The Labute approximate surface area is 124 Å². The third-order valence-electron chi connectivity index (χ3n) is 2.88. The van der Waals surface area contributed by atoms with Gasteiger partial charge in [0.15, 0.2) is 5.82 Å². The normalized spacial score (nSPS) is 10.5. The predicted molar refractivity (Wildman–Crippen MR) is 83.2 cm³/mol. The van der Waals surface area contributed by atoms with Gasteiger partial charge in [-0.05, 0) is 44.5 Å². The Balaban J connectivity index is 2.27. The van der Waals surface area contributed by atoms with Crippen LogP contribution in [0.3, 0.4) is 0 Å². The van der Waals surface area contributed by atoms with Crippen molar-refractivity contribution in [1.29, 1.82) is 0 Å². The number of methoxy groups -OCH3 is 1. The summed E-state index contributed by atoms with van der Waals surface area (Å²) < 4.78 is 10.7. The van der Waals surface area contributed by atoms with E-state index < -0.39 is 0 Å². The number of hydrogen-bond acceptors (Lipinski definition) is 6. The fourth-order valence-electron chi connectivity index (χ4n) is 1.83. The van der Waals surface area contributed by atoms with E-state index in [0.29, 0.717) is 17.4 Å². The van der Waals surface area contributed by atoms with Crippen LogP contribution in [0.1, 0.15) is 19.4 Å². The Morgan fingerprint density at radius 3 is 2.62 bits per heavy atom. The average molecular weight is 288 g/mol. The zero-order chi connectivity index (χ0) is 15.4. The van der Waals surface area contributed by atoms with Gasteiger partial charge in [0, 0.05) is 5.69 Å². The lowest BCUT2D eigenvalue weighted by Crippen LogP contribution is -2.11. The second-order valence-corrected chi connectivity index (χ2v) is 4.91. The van der Waals surface area contributed by atoms with E-state index in [2.05, 4.69) is 15.3 Å². The summed E-state index contributed by atoms with van der Waals surface area (Å²) in [6.45, 7) is 5.82. The van der Waals surface area contributed by atoms with E-state index in [9.17, 15) is 0 Å². The molecule has 6 nitrogen and oxygen atoms in total. The molecule has 1 aromatic carbocycles. The number of nitrogen functional groups attached to an aromatic ring is 1. The van der Waals surface area contributed by atoms with Crippen LogP contribution in [0.15, 0.2) is 24.5 Å². The smallest absolute Gasteiger partial charge is 0.242 e. The minimum Gasteiger partial charge on any atom is -0.497 e. The molecule has 112 valence electrons. The maximum atomic E-state index is 6.05. The third kappa shape index (κ3) is 3.53. The highest BCUT2D eigenvalue weighted by atomic mass is 16.5. The van der Waals surface area contributed by atoms with E-state index in [0.717, 1.165) is 17.0 Å². The largest absolute Gasteiger partial charge is 0.497 e. The molecule has 6 heteroatoms. The molecule has 0 unspecified atom stereocenters. The topological polar surface area (TPSA) is 82.3 Å². The fourth-order valence-corrected chi connectivity index (χ4v) is 1.83. The van der Waals surface area contributed by atoms with Gasteiger partial charge < -0.3 is 20.5 Å². The minimum atomic E-state index is -0.00206. The van der Waals surface area contributed by atoms with Gasteiger partial charge in [0.1, 0.15) is 17.8 Å². The van der Waals surface area contributed by atoms with Crippen molar-refractivity contribution in [2.24, 2.45) is 0 Å². The molecule has 0 saturated carbocycles. The Hall–Kier alpha value is -2.50. The highest BCUT2D eigenvalue weighted by Crippen LogP contribution is 2.30. The van der Waals surface area contributed by atoms with Crippen LogP contribution in [-0.2, 0) is 0 Å². The first kappa shape index (κ1) is 14.9. The first-order chi connectivity index (χ1) is 10.0. The lowest BCUT2D eigenvalue weighted by atomic mass is 10.2. The number of rotatable bonds is 5. The minimum absolute atomic E-state index is 0.00206. The summed E-state index contributed by atoms with van der Waals surface area (Å²) in [5.74, 6) is 1.71. The summed E-state index contributed by atoms with van der Waals surface area (Å²) in [6, 6.07) is 5.72. The Bertz CT molecular complexity index is 629. The molecule has 1 heterocycles. The quantitative estimate of drug-likeness (QED) is 0.880. The first-order valence-electron chi connectivity index (χ1n) is 6.70. The molecule has 0 aliphatic rings. The zero-order valence-electron chi connectivity index (χ0n) is 12.7. The van der Waals surface area contributed by atoms with Crippen molar-refractivity contribution >= 4 is 17.2 Å². The van der Waals surface area contributed by atoms with Crippen LogP contribution in [0.2, 0.25) is 0 Å². The highest BCUT2D eigenvalue weighted by molar-refractivity contribution is 5.73. The van der Waals surface area contributed by atoms with Crippen LogP contribution in [0.25, 0.3) is 0 Å². The standard InChI is InChI=1S/C15H20N4O2/c1-9(2)21-15-13(16)14(17-8-18-15)19-12-6-5-11(20-4)7-10(12)3/h5-9H,16H2,1-4H3,(H,17,18,19).